The number of carbonyl (C=O) groups is 1. The van der Waals surface area contributed by atoms with Crippen LogP contribution in [0.4, 0.5) is 18.9 Å². The van der Waals surface area contributed by atoms with Gasteiger partial charge in [0.15, 0.2) is 0 Å². The molecular formula is C9H7F3N2O4. The topological polar surface area (TPSA) is 82.3 Å². The van der Waals surface area contributed by atoms with Crippen molar-refractivity contribution in [3.05, 3.63) is 33.4 Å². The number of nitrogens with zero attached hydrogens (tertiary/aromatic N) is 2. The van der Waals surface area contributed by atoms with Gasteiger partial charge in [-0.2, -0.15) is 4.39 Å². The molecule has 1 rings (SSSR count). The van der Waals surface area contributed by atoms with Crippen molar-refractivity contribution in [3.63, 3.8) is 0 Å². The highest BCUT2D eigenvalue weighted by Crippen LogP contribution is 2.31. The predicted octanol–water partition coefficient (Wildman–Crippen LogP) is 1.78. The smallest absolute Gasteiger partial charge is 0.317 e. The number of nitro groups is 1. The third-order valence-corrected chi connectivity index (χ3v) is 2.05. The summed E-state index contributed by atoms with van der Waals surface area (Å²) in [7, 11) is 1.03. The number of rotatable bonds is 4. The van der Waals surface area contributed by atoms with Gasteiger partial charge in [0, 0.05) is 6.20 Å². The van der Waals surface area contributed by atoms with Crippen LogP contribution < -0.4 is 0 Å². The van der Waals surface area contributed by atoms with E-state index in [1.54, 1.807) is 0 Å². The summed E-state index contributed by atoms with van der Waals surface area (Å²) in [5.74, 6) is -2.44. The molecule has 0 unspecified atom stereocenters. The molecule has 1 aromatic heterocycles. The van der Waals surface area contributed by atoms with E-state index in [0.29, 0.717) is 6.20 Å². The van der Waals surface area contributed by atoms with E-state index in [4.69, 9.17) is 0 Å². The zero-order chi connectivity index (χ0) is 13.9. The van der Waals surface area contributed by atoms with Gasteiger partial charge < -0.3 is 4.74 Å². The lowest BCUT2D eigenvalue weighted by molar-refractivity contribution is -0.389. The van der Waals surface area contributed by atoms with Gasteiger partial charge in [-0.15, -0.1) is 0 Å². The van der Waals surface area contributed by atoms with Crippen molar-refractivity contribution in [2.45, 2.75) is 12.8 Å². The fourth-order valence-corrected chi connectivity index (χ4v) is 1.21. The molecule has 9 heteroatoms. The Bertz CT molecular complexity index is 493. The van der Waals surface area contributed by atoms with Crippen LogP contribution in [0.25, 0.3) is 0 Å². The average Bonchev–Trinajstić information content (AvgIpc) is 2.30. The molecule has 0 radical (unpaired) electrons. The highest BCUT2D eigenvalue weighted by Gasteiger charge is 2.30. The minimum absolute atomic E-state index is 0.476. The van der Waals surface area contributed by atoms with Gasteiger partial charge >= 0.3 is 11.7 Å². The molecule has 1 heterocycles. The van der Waals surface area contributed by atoms with Crippen LogP contribution in [0, 0.1) is 15.9 Å². The summed E-state index contributed by atoms with van der Waals surface area (Å²) in [6, 6.07) is 0. The first-order valence-corrected chi connectivity index (χ1v) is 4.55. The molecule has 0 saturated heterocycles. The second kappa shape index (κ2) is 5.43. The summed E-state index contributed by atoms with van der Waals surface area (Å²) in [5.41, 5.74) is -3.12. The highest BCUT2D eigenvalue weighted by atomic mass is 19.3. The normalized spacial score (nSPS) is 10.5. The van der Waals surface area contributed by atoms with Crippen LogP contribution in [0.3, 0.4) is 0 Å². The molecule has 0 aliphatic heterocycles. The van der Waals surface area contributed by atoms with Gasteiger partial charge in [-0.3, -0.25) is 19.9 Å². The quantitative estimate of drug-likeness (QED) is 0.470. The number of aromatic nitrogens is 1. The van der Waals surface area contributed by atoms with Crippen molar-refractivity contribution in [2.24, 2.45) is 0 Å². The fraction of sp³-hybridized carbons (Fsp3) is 0.333. The minimum atomic E-state index is -3.24. The van der Waals surface area contributed by atoms with Gasteiger partial charge in [-0.05, 0) is 0 Å². The zero-order valence-corrected chi connectivity index (χ0v) is 9.02. The van der Waals surface area contributed by atoms with Gasteiger partial charge in [0.2, 0.25) is 5.82 Å². The number of ether oxygens (including phenoxy) is 1. The van der Waals surface area contributed by atoms with E-state index >= 15 is 0 Å². The predicted molar refractivity (Wildman–Crippen MR) is 51.5 cm³/mol. The molecule has 1 aromatic rings. The van der Waals surface area contributed by atoms with Gasteiger partial charge in [-0.25, -0.2) is 8.78 Å². The lowest BCUT2D eigenvalue weighted by Gasteiger charge is -2.05. The third-order valence-electron chi connectivity index (χ3n) is 2.05. The first-order valence-electron chi connectivity index (χ1n) is 4.55. The third kappa shape index (κ3) is 2.73. The zero-order valence-electron chi connectivity index (χ0n) is 9.02. The number of carbonyl (C=O) groups excluding carboxylic acids is 1. The van der Waals surface area contributed by atoms with E-state index in [0.717, 1.165) is 7.11 Å². The first-order chi connectivity index (χ1) is 8.38. The summed E-state index contributed by atoms with van der Waals surface area (Å²) in [4.78, 5) is 23.4. The van der Waals surface area contributed by atoms with Crippen molar-refractivity contribution in [2.75, 3.05) is 7.11 Å². The van der Waals surface area contributed by atoms with Gasteiger partial charge in [-0.1, -0.05) is 0 Å². The maximum Gasteiger partial charge on any atom is 0.317 e. The van der Waals surface area contributed by atoms with Gasteiger partial charge in [0.25, 0.3) is 6.43 Å². The van der Waals surface area contributed by atoms with E-state index in [9.17, 15) is 28.1 Å². The van der Waals surface area contributed by atoms with Crippen LogP contribution in [-0.4, -0.2) is 23.0 Å². The van der Waals surface area contributed by atoms with Crippen molar-refractivity contribution in [1.29, 1.82) is 0 Å². The van der Waals surface area contributed by atoms with Crippen LogP contribution >= 0.6 is 0 Å². The Morgan fingerprint density at radius 2 is 2.22 bits per heavy atom. The van der Waals surface area contributed by atoms with Crippen molar-refractivity contribution in [3.8, 4) is 0 Å². The standard InChI is InChI=1S/C9H7F3N2O4/c1-18-6(15)2-5-7(10)8(14(16)17)4(3-13-5)9(11)12/h3,9H,2H2,1H3. The van der Waals surface area contributed by atoms with Crippen LogP contribution in [-0.2, 0) is 16.0 Å². The number of hydrogen-bond acceptors (Lipinski definition) is 5. The second-order valence-electron chi connectivity index (χ2n) is 3.13. The van der Waals surface area contributed by atoms with Crippen LogP contribution in [0.5, 0.6) is 0 Å². The molecule has 0 saturated carbocycles. The highest BCUT2D eigenvalue weighted by molar-refractivity contribution is 5.72. The molecule has 6 nitrogen and oxygen atoms in total. The van der Waals surface area contributed by atoms with Crippen molar-refractivity contribution < 1.29 is 27.6 Å². The molecule has 18 heavy (non-hydrogen) atoms. The molecule has 0 aromatic carbocycles. The van der Waals surface area contributed by atoms with Gasteiger partial charge in [0.05, 0.1) is 24.1 Å². The minimum Gasteiger partial charge on any atom is -0.469 e. The van der Waals surface area contributed by atoms with E-state index in [2.05, 4.69) is 9.72 Å². The molecule has 0 fully saturated rings. The molecule has 0 aliphatic rings. The molecule has 0 aliphatic carbocycles. The first kappa shape index (κ1) is 13.9. The summed E-state index contributed by atoms with van der Waals surface area (Å²) >= 11 is 0. The van der Waals surface area contributed by atoms with E-state index in [1.165, 1.54) is 0 Å². The largest absolute Gasteiger partial charge is 0.469 e. The molecule has 0 amide bonds. The van der Waals surface area contributed by atoms with Crippen LogP contribution in [0.15, 0.2) is 6.20 Å². The maximum atomic E-state index is 13.6. The monoisotopic (exact) mass is 264 g/mol. The molecule has 98 valence electrons. The lowest BCUT2D eigenvalue weighted by atomic mass is 10.1. The second-order valence-corrected chi connectivity index (χ2v) is 3.13. The Kier molecular flexibility index (Phi) is 4.18. The van der Waals surface area contributed by atoms with E-state index in [-0.39, 0.29) is 0 Å². The number of methoxy groups -OCH3 is 1. The Morgan fingerprint density at radius 3 is 2.67 bits per heavy atom. The Labute approximate surface area is 98.5 Å². The van der Waals surface area contributed by atoms with Crippen LogP contribution in [0.2, 0.25) is 0 Å². The summed E-state index contributed by atoms with van der Waals surface area (Å²) in [5, 5.41) is 10.5. The lowest BCUT2D eigenvalue weighted by Crippen LogP contribution is -2.11. The number of alkyl halides is 2. The van der Waals surface area contributed by atoms with Gasteiger partial charge in [0.1, 0.15) is 5.56 Å². The number of hydrogen-bond donors (Lipinski definition) is 0. The summed E-state index contributed by atoms with van der Waals surface area (Å²) in [6.07, 6.45) is -3.43. The summed E-state index contributed by atoms with van der Waals surface area (Å²) in [6.45, 7) is 0. The maximum absolute atomic E-state index is 13.6. The van der Waals surface area contributed by atoms with Crippen molar-refractivity contribution >= 4 is 11.7 Å². The number of halogens is 3. The van der Waals surface area contributed by atoms with E-state index in [1.807, 2.05) is 0 Å². The number of pyridine rings is 1. The Balaban J connectivity index is 3.30. The fourth-order valence-electron chi connectivity index (χ4n) is 1.21. The molecule has 0 N–H and O–H groups in total. The number of esters is 1. The van der Waals surface area contributed by atoms with Crippen molar-refractivity contribution in [1.82, 2.24) is 4.98 Å². The molecule has 0 bridgehead atoms. The Hall–Kier alpha value is -2.19. The summed E-state index contributed by atoms with van der Waals surface area (Å²) < 4.78 is 42.7. The van der Waals surface area contributed by atoms with E-state index < -0.39 is 46.5 Å². The molecule has 0 atom stereocenters. The molecular weight excluding hydrogens is 257 g/mol. The SMILES string of the molecule is COC(=O)Cc1ncc(C(F)F)c([N+](=O)[O-])c1F. The molecule has 0 spiro atoms. The Morgan fingerprint density at radius 1 is 1.61 bits per heavy atom. The van der Waals surface area contributed by atoms with Crippen LogP contribution in [0.1, 0.15) is 17.7 Å². The average molecular weight is 264 g/mol.